The molecule has 160 valence electrons. The molecule has 3 atom stereocenters. The van der Waals surface area contributed by atoms with Crippen LogP contribution in [0.1, 0.15) is 35.3 Å². The van der Waals surface area contributed by atoms with E-state index in [1.165, 1.54) is 40.8 Å². The maximum Gasteiger partial charge on any atom is 0.274 e. The number of benzene rings is 1. The number of anilines is 1. The van der Waals surface area contributed by atoms with Gasteiger partial charge in [-0.2, -0.15) is 0 Å². The van der Waals surface area contributed by atoms with Gasteiger partial charge in [0.2, 0.25) is 11.6 Å². The number of guanidine groups is 1. The van der Waals surface area contributed by atoms with E-state index in [9.17, 15) is 9.00 Å². The number of nitrogens with two attached hydrogens (primary N) is 1. The Morgan fingerprint density at radius 3 is 2.90 bits per heavy atom. The van der Waals surface area contributed by atoms with E-state index in [-0.39, 0.29) is 17.2 Å². The number of pyridine rings is 1. The summed E-state index contributed by atoms with van der Waals surface area (Å²) in [5.41, 5.74) is 5.96. The van der Waals surface area contributed by atoms with Crippen LogP contribution in [-0.2, 0) is 15.2 Å². The Bertz CT molecular complexity index is 1240. The zero-order valence-electron chi connectivity index (χ0n) is 16.8. The molecule has 1 aliphatic carbocycles. The van der Waals surface area contributed by atoms with Gasteiger partial charge in [-0.25, -0.2) is 18.4 Å². The number of hydrogen-bond acceptors (Lipinski definition) is 5. The van der Waals surface area contributed by atoms with Gasteiger partial charge >= 0.3 is 0 Å². The topological polar surface area (TPSA) is 105 Å². The van der Waals surface area contributed by atoms with Crippen LogP contribution in [0.15, 0.2) is 41.5 Å². The number of aliphatic imine (C=N–C) groups is 1. The van der Waals surface area contributed by atoms with Crippen LogP contribution in [0.4, 0.5) is 15.8 Å². The lowest BCUT2D eigenvalue weighted by atomic mass is 9.87. The molecule has 10 heteroatoms. The Morgan fingerprint density at radius 2 is 2.23 bits per heavy atom. The van der Waals surface area contributed by atoms with Crippen LogP contribution in [0.5, 0.6) is 0 Å². The Balaban J connectivity index is 1.73. The van der Waals surface area contributed by atoms with E-state index in [2.05, 4.69) is 26.0 Å². The predicted octanol–water partition coefficient (Wildman–Crippen LogP) is 2.66. The average Bonchev–Trinajstić information content (AvgIpc) is 3.19. The molecule has 1 saturated carbocycles. The van der Waals surface area contributed by atoms with Crippen LogP contribution < -0.4 is 11.1 Å². The molecular formula is C21H21FN6O2S. The van der Waals surface area contributed by atoms with Crippen LogP contribution in [-0.4, -0.2) is 43.5 Å². The summed E-state index contributed by atoms with van der Waals surface area (Å²) >= 11 is 0. The molecule has 2 aromatic rings. The Hall–Kier alpha value is -3.45. The van der Waals surface area contributed by atoms with Crippen molar-refractivity contribution in [3.8, 4) is 0 Å². The number of amides is 1. The second-order valence-corrected chi connectivity index (χ2v) is 10.1. The maximum atomic E-state index is 15.0. The van der Waals surface area contributed by atoms with Crippen LogP contribution in [0.25, 0.3) is 4.85 Å². The van der Waals surface area contributed by atoms with E-state index in [1.54, 1.807) is 7.05 Å². The summed E-state index contributed by atoms with van der Waals surface area (Å²) in [5, 5.41) is 2.20. The molecule has 0 saturated heterocycles. The number of halogens is 1. The number of rotatable bonds is 3. The zero-order valence-corrected chi connectivity index (χ0v) is 17.7. The quantitative estimate of drug-likeness (QED) is 0.565. The number of fused-ring (bicyclic) bond motifs is 1. The van der Waals surface area contributed by atoms with Gasteiger partial charge in [-0.3, -0.25) is 14.1 Å². The standard InChI is InChI=1S/C21H21FN6O2S/c1-24-14-7-9-17(25-12-14)19(29)26-13-6-8-16(22)15(11-13)21-10-4-5-18(21)31(3,30)28(2)20(23)27-21/h6-9,11-12,18H,3-5,10H2,2H3,(H2,23,27)(H,26,29)/t18?,21-,31?/m1/s1. The fourth-order valence-corrected chi connectivity index (χ4v) is 6.46. The number of nitrogens with one attached hydrogen (secondary N) is 1. The zero-order chi connectivity index (χ0) is 22.4. The molecule has 1 aromatic carbocycles. The van der Waals surface area contributed by atoms with Crippen molar-refractivity contribution in [2.24, 2.45) is 10.7 Å². The van der Waals surface area contributed by atoms with Crippen molar-refractivity contribution in [2.45, 2.75) is 30.1 Å². The van der Waals surface area contributed by atoms with Gasteiger partial charge in [0.1, 0.15) is 17.1 Å². The van der Waals surface area contributed by atoms with Crippen LogP contribution in [0.3, 0.4) is 0 Å². The molecule has 2 heterocycles. The summed E-state index contributed by atoms with van der Waals surface area (Å²) < 4.78 is 29.8. The number of carbonyl (C=O) groups excluding carboxylic acids is 1. The average molecular weight is 441 g/mol. The number of aromatic nitrogens is 1. The molecule has 0 bridgehead atoms. The van der Waals surface area contributed by atoms with E-state index < -0.39 is 32.2 Å². The van der Waals surface area contributed by atoms with Crippen LogP contribution in [0, 0.1) is 12.4 Å². The molecule has 3 N–H and O–H groups in total. The van der Waals surface area contributed by atoms with Crippen molar-refractivity contribution in [1.82, 2.24) is 9.29 Å². The third-order valence-corrected chi connectivity index (χ3v) is 8.53. The summed E-state index contributed by atoms with van der Waals surface area (Å²) in [6.45, 7) is 6.96. The first-order chi connectivity index (χ1) is 14.7. The molecule has 4 rings (SSSR count). The molecule has 0 radical (unpaired) electrons. The van der Waals surface area contributed by atoms with Gasteiger partial charge in [0.05, 0.1) is 21.5 Å². The van der Waals surface area contributed by atoms with Gasteiger partial charge < -0.3 is 11.1 Å². The van der Waals surface area contributed by atoms with Gasteiger partial charge in [-0.05, 0) is 49.4 Å². The largest absolute Gasteiger partial charge is 0.369 e. The molecule has 1 amide bonds. The van der Waals surface area contributed by atoms with Crippen molar-refractivity contribution < 1.29 is 13.4 Å². The van der Waals surface area contributed by atoms with Gasteiger partial charge in [0.25, 0.3) is 5.91 Å². The molecule has 1 aliphatic heterocycles. The lowest BCUT2D eigenvalue weighted by Gasteiger charge is -2.42. The minimum absolute atomic E-state index is 0.0519. The Morgan fingerprint density at radius 1 is 1.45 bits per heavy atom. The van der Waals surface area contributed by atoms with Crippen molar-refractivity contribution in [2.75, 3.05) is 12.4 Å². The fourth-order valence-electron chi connectivity index (χ4n) is 4.28. The van der Waals surface area contributed by atoms with Crippen molar-refractivity contribution >= 4 is 38.8 Å². The van der Waals surface area contributed by atoms with E-state index in [4.69, 9.17) is 12.3 Å². The predicted molar refractivity (Wildman–Crippen MR) is 119 cm³/mol. The van der Waals surface area contributed by atoms with E-state index in [1.807, 2.05) is 0 Å². The van der Waals surface area contributed by atoms with Crippen LogP contribution >= 0.6 is 0 Å². The first-order valence-corrected chi connectivity index (χ1v) is 11.3. The third kappa shape index (κ3) is 3.31. The fraction of sp³-hybridized carbons (Fsp3) is 0.286. The van der Waals surface area contributed by atoms with Crippen molar-refractivity contribution in [3.63, 3.8) is 0 Å². The molecule has 0 spiro atoms. The molecule has 2 aliphatic rings. The molecule has 1 fully saturated rings. The number of hydrogen-bond donors (Lipinski definition) is 2. The van der Waals surface area contributed by atoms with E-state index in [0.717, 1.165) is 0 Å². The molecule has 8 nitrogen and oxygen atoms in total. The van der Waals surface area contributed by atoms with E-state index >= 15 is 4.39 Å². The summed E-state index contributed by atoms with van der Waals surface area (Å²) in [4.78, 5) is 24.4. The van der Waals surface area contributed by atoms with Gasteiger partial charge in [-0.15, -0.1) is 0 Å². The molecule has 2 unspecified atom stereocenters. The second kappa shape index (κ2) is 7.35. The van der Waals surface area contributed by atoms with Crippen molar-refractivity contribution in [3.05, 3.63) is 65.0 Å². The van der Waals surface area contributed by atoms with Gasteiger partial charge in [-0.1, -0.05) is 6.07 Å². The summed E-state index contributed by atoms with van der Waals surface area (Å²) in [6.07, 6.45) is 3.07. The third-order valence-electron chi connectivity index (χ3n) is 5.90. The monoisotopic (exact) mass is 440 g/mol. The first-order valence-electron chi connectivity index (χ1n) is 9.59. The highest BCUT2D eigenvalue weighted by atomic mass is 32.2. The van der Waals surface area contributed by atoms with Crippen molar-refractivity contribution in [1.29, 1.82) is 0 Å². The number of nitrogens with zero attached hydrogens (tertiary/aromatic N) is 4. The summed E-state index contributed by atoms with van der Waals surface area (Å²) in [7, 11) is -1.23. The highest BCUT2D eigenvalue weighted by Gasteiger charge is 2.54. The minimum atomic E-state index is -2.81. The minimum Gasteiger partial charge on any atom is -0.369 e. The normalized spacial score (nSPS) is 27.2. The lowest BCUT2D eigenvalue weighted by molar-refractivity contribution is 0.102. The highest BCUT2D eigenvalue weighted by Crippen LogP contribution is 2.49. The summed E-state index contributed by atoms with van der Waals surface area (Å²) in [5.74, 6) is 2.94. The Kier molecular flexibility index (Phi) is 4.94. The van der Waals surface area contributed by atoms with Gasteiger partial charge in [0.15, 0.2) is 0 Å². The first kappa shape index (κ1) is 20.8. The molecule has 31 heavy (non-hydrogen) atoms. The molecular weight excluding hydrogens is 419 g/mol. The van der Waals surface area contributed by atoms with E-state index in [0.29, 0.717) is 30.6 Å². The van der Waals surface area contributed by atoms with Gasteiger partial charge in [0, 0.05) is 24.5 Å². The smallest absolute Gasteiger partial charge is 0.274 e. The van der Waals surface area contributed by atoms with Crippen LogP contribution in [0.2, 0.25) is 0 Å². The maximum absolute atomic E-state index is 15.0. The molecule has 1 aromatic heterocycles. The lowest BCUT2D eigenvalue weighted by Crippen LogP contribution is -2.55. The Labute approximate surface area is 180 Å². The highest BCUT2D eigenvalue weighted by molar-refractivity contribution is 7.99. The second-order valence-electron chi connectivity index (χ2n) is 7.62. The summed E-state index contributed by atoms with van der Waals surface area (Å²) in [6, 6.07) is 7.14. The number of carbonyl (C=O) groups is 1. The SMILES string of the molecule is [C-]#[N+]c1ccc(C(=O)Nc2ccc(F)c([C@]34CCCC3S(=C)(=O)N(C)C(N)=N4)c2)nc1.